The predicted octanol–water partition coefficient (Wildman–Crippen LogP) is 5.40. The lowest BCUT2D eigenvalue weighted by Crippen LogP contribution is -2.34. The van der Waals surface area contributed by atoms with E-state index in [1.165, 1.54) is 17.3 Å². The van der Waals surface area contributed by atoms with Crippen LogP contribution < -0.4 is 14.8 Å². The summed E-state index contributed by atoms with van der Waals surface area (Å²) in [6.07, 6.45) is 0. The SMILES string of the molecule is COc1ccc(SC(C)C(=O)NC(c2ccccc2)c2ccc(C)cc2)cc1OC. The fraction of sp³-hybridized carbons (Fsp3) is 0.240. The smallest absolute Gasteiger partial charge is 0.233 e. The van der Waals surface area contributed by atoms with Crippen molar-refractivity contribution in [2.75, 3.05) is 14.2 Å². The molecule has 0 aliphatic carbocycles. The average molecular weight is 422 g/mol. The van der Waals surface area contributed by atoms with Gasteiger partial charge in [-0.1, -0.05) is 60.2 Å². The van der Waals surface area contributed by atoms with Crippen LogP contribution in [-0.4, -0.2) is 25.4 Å². The van der Waals surface area contributed by atoms with Crippen LogP contribution in [0.5, 0.6) is 11.5 Å². The molecule has 3 aromatic carbocycles. The van der Waals surface area contributed by atoms with E-state index in [4.69, 9.17) is 9.47 Å². The number of thioether (sulfide) groups is 1. The second-order valence-corrected chi connectivity index (χ2v) is 8.45. The van der Waals surface area contributed by atoms with Crippen LogP contribution in [0.15, 0.2) is 77.7 Å². The van der Waals surface area contributed by atoms with Gasteiger partial charge in [-0.2, -0.15) is 0 Å². The summed E-state index contributed by atoms with van der Waals surface area (Å²) in [5.41, 5.74) is 3.30. The van der Waals surface area contributed by atoms with Crippen molar-refractivity contribution in [2.45, 2.75) is 30.0 Å². The van der Waals surface area contributed by atoms with Crippen molar-refractivity contribution in [3.63, 3.8) is 0 Å². The van der Waals surface area contributed by atoms with E-state index in [0.29, 0.717) is 11.5 Å². The van der Waals surface area contributed by atoms with Gasteiger partial charge in [0.25, 0.3) is 0 Å². The molecule has 0 heterocycles. The Morgan fingerprint density at radius 3 is 2.13 bits per heavy atom. The number of nitrogens with one attached hydrogen (secondary N) is 1. The zero-order chi connectivity index (χ0) is 21.5. The molecule has 156 valence electrons. The highest BCUT2D eigenvalue weighted by molar-refractivity contribution is 8.00. The molecule has 0 aromatic heterocycles. The van der Waals surface area contributed by atoms with E-state index in [0.717, 1.165) is 16.0 Å². The Balaban J connectivity index is 1.77. The van der Waals surface area contributed by atoms with Crippen molar-refractivity contribution in [2.24, 2.45) is 0 Å². The fourth-order valence-corrected chi connectivity index (χ4v) is 4.08. The Kier molecular flexibility index (Phi) is 7.41. The molecule has 0 spiro atoms. The minimum absolute atomic E-state index is 0.0239. The molecule has 0 fully saturated rings. The fourth-order valence-electron chi connectivity index (χ4n) is 3.17. The molecule has 1 amide bonds. The van der Waals surface area contributed by atoms with E-state index in [-0.39, 0.29) is 17.2 Å². The first-order chi connectivity index (χ1) is 14.5. The van der Waals surface area contributed by atoms with E-state index in [2.05, 4.69) is 36.5 Å². The van der Waals surface area contributed by atoms with Gasteiger partial charge >= 0.3 is 0 Å². The van der Waals surface area contributed by atoms with Gasteiger partial charge in [0, 0.05) is 4.90 Å². The van der Waals surface area contributed by atoms with Gasteiger partial charge in [0.2, 0.25) is 5.91 Å². The predicted molar refractivity (Wildman–Crippen MR) is 122 cm³/mol. The molecule has 0 bridgehead atoms. The summed E-state index contributed by atoms with van der Waals surface area (Å²) in [7, 11) is 3.21. The molecule has 2 unspecified atom stereocenters. The molecule has 5 heteroatoms. The number of methoxy groups -OCH3 is 2. The topological polar surface area (TPSA) is 47.6 Å². The molecule has 0 radical (unpaired) electrons. The van der Waals surface area contributed by atoms with Crippen molar-refractivity contribution in [3.8, 4) is 11.5 Å². The van der Waals surface area contributed by atoms with Gasteiger partial charge in [0.1, 0.15) is 0 Å². The Bertz CT molecular complexity index is 973. The third-order valence-electron chi connectivity index (χ3n) is 4.87. The van der Waals surface area contributed by atoms with Gasteiger partial charge in [-0.15, -0.1) is 11.8 Å². The minimum atomic E-state index is -0.278. The molecule has 0 saturated carbocycles. The highest BCUT2D eigenvalue weighted by atomic mass is 32.2. The number of rotatable bonds is 8. The first-order valence-electron chi connectivity index (χ1n) is 9.82. The van der Waals surface area contributed by atoms with E-state index in [1.54, 1.807) is 14.2 Å². The van der Waals surface area contributed by atoms with Crippen LogP contribution in [0.2, 0.25) is 0 Å². The molecule has 4 nitrogen and oxygen atoms in total. The summed E-state index contributed by atoms with van der Waals surface area (Å²) in [6, 6.07) is 23.8. The lowest BCUT2D eigenvalue weighted by Gasteiger charge is -2.22. The Morgan fingerprint density at radius 1 is 0.867 bits per heavy atom. The number of ether oxygens (including phenoxy) is 2. The van der Waals surface area contributed by atoms with E-state index in [9.17, 15) is 4.79 Å². The largest absolute Gasteiger partial charge is 0.493 e. The maximum Gasteiger partial charge on any atom is 0.233 e. The number of carbonyl (C=O) groups excluding carboxylic acids is 1. The molecule has 3 rings (SSSR count). The zero-order valence-electron chi connectivity index (χ0n) is 17.7. The van der Waals surface area contributed by atoms with Crippen molar-refractivity contribution in [1.29, 1.82) is 0 Å². The number of amides is 1. The maximum absolute atomic E-state index is 13.1. The minimum Gasteiger partial charge on any atom is -0.493 e. The molecular formula is C25H27NO3S. The molecular weight excluding hydrogens is 394 g/mol. The Labute approximate surface area is 182 Å². The van der Waals surface area contributed by atoms with E-state index >= 15 is 0 Å². The highest BCUT2D eigenvalue weighted by Gasteiger charge is 2.21. The Hall–Kier alpha value is -2.92. The first-order valence-corrected chi connectivity index (χ1v) is 10.7. The van der Waals surface area contributed by atoms with Crippen LogP contribution >= 0.6 is 11.8 Å². The summed E-state index contributed by atoms with van der Waals surface area (Å²) >= 11 is 1.49. The van der Waals surface area contributed by atoms with Gasteiger partial charge < -0.3 is 14.8 Å². The summed E-state index contributed by atoms with van der Waals surface area (Å²) in [4.78, 5) is 14.0. The van der Waals surface area contributed by atoms with E-state index in [1.807, 2.05) is 55.5 Å². The number of benzene rings is 3. The lowest BCUT2D eigenvalue weighted by atomic mass is 9.97. The summed E-state index contributed by atoms with van der Waals surface area (Å²) in [5.74, 6) is 1.30. The maximum atomic E-state index is 13.1. The van der Waals surface area contributed by atoms with Crippen molar-refractivity contribution < 1.29 is 14.3 Å². The van der Waals surface area contributed by atoms with Gasteiger partial charge in [-0.05, 0) is 43.2 Å². The molecule has 0 aliphatic rings. The molecule has 1 N–H and O–H groups in total. The van der Waals surface area contributed by atoms with Crippen LogP contribution in [0.1, 0.15) is 29.7 Å². The average Bonchev–Trinajstić information content (AvgIpc) is 2.78. The van der Waals surface area contributed by atoms with Gasteiger partial charge in [-0.3, -0.25) is 4.79 Å². The molecule has 0 saturated heterocycles. The second kappa shape index (κ2) is 10.2. The molecule has 0 aliphatic heterocycles. The van der Waals surface area contributed by atoms with Crippen LogP contribution in [-0.2, 0) is 4.79 Å². The third kappa shape index (κ3) is 5.36. The van der Waals surface area contributed by atoms with Crippen molar-refractivity contribution >= 4 is 17.7 Å². The van der Waals surface area contributed by atoms with Crippen LogP contribution in [0, 0.1) is 6.92 Å². The van der Waals surface area contributed by atoms with Gasteiger partial charge in [0.05, 0.1) is 25.5 Å². The number of hydrogen-bond acceptors (Lipinski definition) is 4. The quantitative estimate of drug-likeness (QED) is 0.495. The molecule has 2 atom stereocenters. The number of carbonyl (C=O) groups is 1. The molecule has 30 heavy (non-hydrogen) atoms. The Morgan fingerprint density at radius 2 is 1.50 bits per heavy atom. The molecule has 3 aromatic rings. The lowest BCUT2D eigenvalue weighted by molar-refractivity contribution is -0.120. The van der Waals surface area contributed by atoms with Crippen LogP contribution in [0.4, 0.5) is 0 Å². The monoisotopic (exact) mass is 421 g/mol. The summed E-state index contributed by atoms with van der Waals surface area (Å²) in [5, 5.41) is 2.95. The number of aryl methyl sites for hydroxylation is 1. The van der Waals surface area contributed by atoms with Gasteiger partial charge in [-0.25, -0.2) is 0 Å². The summed E-state index contributed by atoms with van der Waals surface area (Å²) < 4.78 is 10.7. The van der Waals surface area contributed by atoms with Crippen molar-refractivity contribution in [3.05, 3.63) is 89.5 Å². The normalized spacial score (nSPS) is 12.7. The second-order valence-electron chi connectivity index (χ2n) is 7.04. The summed E-state index contributed by atoms with van der Waals surface area (Å²) in [6.45, 7) is 3.97. The van der Waals surface area contributed by atoms with Crippen LogP contribution in [0.25, 0.3) is 0 Å². The highest BCUT2D eigenvalue weighted by Crippen LogP contribution is 2.34. The zero-order valence-corrected chi connectivity index (χ0v) is 18.5. The van der Waals surface area contributed by atoms with Gasteiger partial charge in [0.15, 0.2) is 11.5 Å². The third-order valence-corrected chi connectivity index (χ3v) is 5.96. The van der Waals surface area contributed by atoms with Crippen molar-refractivity contribution in [1.82, 2.24) is 5.32 Å². The number of hydrogen-bond donors (Lipinski definition) is 1. The van der Waals surface area contributed by atoms with Crippen LogP contribution in [0.3, 0.4) is 0 Å². The first kappa shape index (κ1) is 21.8. The standard InChI is InChI=1S/C25H27NO3S/c1-17-10-12-20(13-11-17)24(19-8-6-5-7-9-19)26-25(27)18(2)30-21-14-15-22(28-3)23(16-21)29-4/h5-16,18,24H,1-4H3,(H,26,27). The van der Waals surface area contributed by atoms with E-state index < -0.39 is 0 Å².